The number of halogens is 1. The van der Waals surface area contributed by atoms with E-state index in [9.17, 15) is 19.1 Å². The zero-order chi connectivity index (χ0) is 27.4. The molecule has 2 aromatic carbocycles. The molecule has 2 aromatic heterocycles. The molecular weight excluding hydrogens is 483 g/mol. The number of hydrogen-bond acceptors (Lipinski definition) is 5. The lowest BCUT2D eigenvalue weighted by atomic mass is 9.90. The highest BCUT2D eigenvalue weighted by atomic mass is 19.1. The summed E-state index contributed by atoms with van der Waals surface area (Å²) in [6.45, 7) is 6.18. The van der Waals surface area contributed by atoms with Crippen molar-refractivity contribution in [1.29, 1.82) is 0 Å². The number of fused-ring (bicyclic) bond motifs is 1. The number of carbonyl (C=O) groups is 2. The maximum atomic E-state index is 13.8. The van der Waals surface area contributed by atoms with Crippen molar-refractivity contribution in [2.75, 3.05) is 7.11 Å². The van der Waals surface area contributed by atoms with Crippen molar-refractivity contribution in [3.63, 3.8) is 0 Å². The summed E-state index contributed by atoms with van der Waals surface area (Å²) in [5.41, 5.74) is 7.13. The number of esters is 1. The second-order valence-electron chi connectivity index (χ2n) is 9.59. The summed E-state index contributed by atoms with van der Waals surface area (Å²) in [7, 11) is 1.21. The van der Waals surface area contributed by atoms with Crippen molar-refractivity contribution in [1.82, 2.24) is 9.61 Å². The maximum Gasteiger partial charge on any atom is 0.313 e. The molecule has 0 fully saturated rings. The molecule has 0 bridgehead atoms. The summed E-state index contributed by atoms with van der Waals surface area (Å²) in [5.74, 6) is -1.34. The third-order valence-electron chi connectivity index (χ3n) is 6.43. The summed E-state index contributed by atoms with van der Waals surface area (Å²) in [5, 5.41) is 15.6. The number of aliphatic hydroxyl groups is 1. The number of rotatable bonds is 9. The molecule has 0 spiro atoms. The van der Waals surface area contributed by atoms with Gasteiger partial charge in [-0.1, -0.05) is 56.3 Å². The molecule has 7 heteroatoms. The summed E-state index contributed by atoms with van der Waals surface area (Å²) in [6.07, 6.45) is 1.60. The maximum absolute atomic E-state index is 13.8. The normalized spacial score (nSPS) is 12.4. The van der Waals surface area contributed by atoms with E-state index >= 15 is 0 Å². The second kappa shape index (κ2) is 11.5. The van der Waals surface area contributed by atoms with Crippen LogP contribution in [0.3, 0.4) is 0 Å². The van der Waals surface area contributed by atoms with E-state index in [1.54, 1.807) is 24.3 Å². The van der Waals surface area contributed by atoms with Gasteiger partial charge in [-0.3, -0.25) is 9.59 Å². The van der Waals surface area contributed by atoms with Crippen LogP contribution in [0.5, 0.6) is 0 Å². The first-order chi connectivity index (χ1) is 18.2. The number of nitrogens with zero attached hydrogens (tertiary/aromatic N) is 2. The molecule has 1 N–H and O–H groups in total. The van der Waals surface area contributed by atoms with Gasteiger partial charge in [-0.05, 0) is 54.3 Å². The molecule has 0 saturated heterocycles. The minimum Gasteiger partial charge on any atom is -0.469 e. The molecule has 1 atom stereocenters. The Morgan fingerprint density at radius 1 is 1.08 bits per heavy atom. The number of aliphatic hydroxyl groups excluding tert-OH is 1. The molecule has 4 aromatic rings. The molecule has 0 aliphatic rings. The van der Waals surface area contributed by atoms with E-state index in [0.717, 1.165) is 39.0 Å². The highest BCUT2D eigenvalue weighted by Gasteiger charge is 2.23. The number of aromatic nitrogens is 2. The number of hydrogen-bond donors (Lipinski definition) is 1. The zero-order valence-electron chi connectivity index (χ0n) is 21.9. The van der Waals surface area contributed by atoms with E-state index < -0.39 is 24.3 Å². The Hall–Kier alpha value is -4.10. The average molecular weight is 515 g/mol. The summed E-state index contributed by atoms with van der Waals surface area (Å²) < 4.78 is 20.2. The van der Waals surface area contributed by atoms with Gasteiger partial charge >= 0.3 is 5.97 Å². The van der Waals surface area contributed by atoms with E-state index in [1.165, 1.54) is 19.2 Å². The van der Waals surface area contributed by atoms with E-state index in [0.29, 0.717) is 5.69 Å². The molecular formula is C31H31FN2O4. The third kappa shape index (κ3) is 5.73. The van der Waals surface area contributed by atoms with Gasteiger partial charge in [0.25, 0.3) is 0 Å². The molecule has 0 saturated carbocycles. The van der Waals surface area contributed by atoms with E-state index in [-0.39, 0.29) is 18.2 Å². The number of benzene rings is 2. The van der Waals surface area contributed by atoms with Crippen LogP contribution in [-0.4, -0.2) is 39.7 Å². The number of methoxy groups -OCH3 is 1. The first-order valence-corrected chi connectivity index (χ1v) is 12.5. The molecule has 1 unspecified atom stereocenters. The van der Waals surface area contributed by atoms with Crippen LogP contribution in [0, 0.1) is 12.7 Å². The molecule has 196 valence electrons. The minimum absolute atomic E-state index is 0.0641. The fourth-order valence-corrected chi connectivity index (χ4v) is 4.65. The Balaban J connectivity index is 1.91. The van der Waals surface area contributed by atoms with Crippen molar-refractivity contribution in [3.05, 3.63) is 89.4 Å². The van der Waals surface area contributed by atoms with Crippen molar-refractivity contribution in [3.8, 4) is 22.4 Å². The Morgan fingerprint density at radius 3 is 2.39 bits per heavy atom. The lowest BCUT2D eigenvalue weighted by Crippen LogP contribution is -2.15. The number of aryl methyl sites for hydroxylation is 1. The van der Waals surface area contributed by atoms with Crippen LogP contribution in [0.25, 0.3) is 34.0 Å². The van der Waals surface area contributed by atoms with Crippen LogP contribution in [0.15, 0.2) is 66.7 Å². The smallest absolute Gasteiger partial charge is 0.313 e. The molecule has 38 heavy (non-hydrogen) atoms. The lowest BCUT2D eigenvalue weighted by molar-refractivity contribution is -0.143. The van der Waals surface area contributed by atoms with Crippen molar-refractivity contribution >= 4 is 23.3 Å². The second-order valence-corrected chi connectivity index (χ2v) is 9.59. The number of Topliss-reactive ketones (excluding diaryl/α,β-unsaturated/α-hetero) is 1. The lowest BCUT2D eigenvalue weighted by Gasteiger charge is -2.19. The molecule has 0 radical (unpaired) electrons. The molecule has 0 aliphatic heterocycles. The van der Waals surface area contributed by atoms with Crippen LogP contribution in [0.1, 0.15) is 49.4 Å². The average Bonchev–Trinajstić information content (AvgIpc) is 3.23. The molecule has 4 rings (SSSR count). The standard InChI is InChI=1S/C31H31FN2O4/c1-19(2)29-26(15-14-24(35)17-25(36)18-28(37)38-4)30(22-10-12-23(32)13-11-22)33-34-20(3)16-27(31(29)34)21-8-6-5-7-9-21/h5-16,19,24,35H,17-18H2,1-4H3/b15-14+. The van der Waals surface area contributed by atoms with Gasteiger partial charge in [0.1, 0.15) is 18.0 Å². The Labute approximate surface area is 221 Å². The zero-order valence-corrected chi connectivity index (χ0v) is 21.9. The molecule has 2 heterocycles. The van der Waals surface area contributed by atoms with Crippen molar-refractivity contribution in [2.24, 2.45) is 0 Å². The summed E-state index contributed by atoms with van der Waals surface area (Å²) >= 11 is 0. The summed E-state index contributed by atoms with van der Waals surface area (Å²) in [4.78, 5) is 23.6. The predicted octanol–water partition coefficient (Wildman–Crippen LogP) is 6.14. The van der Waals surface area contributed by atoms with Crippen molar-refractivity contribution < 1.29 is 23.8 Å². The summed E-state index contributed by atoms with van der Waals surface area (Å²) in [6, 6.07) is 18.3. The Morgan fingerprint density at radius 2 is 1.76 bits per heavy atom. The molecule has 0 aliphatic carbocycles. The van der Waals surface area contributed by atoms with Crippen LogP contribution < -0.4 is 0 Å². The highest BCUT2D eigenvalue weighted by Crippen LogP contribution is 2.39. The number of ether oxygens (including phenoxy) is 1. The fourth-order valence-electron chi connectivity index (χ4n) is 4.65. The number of ketones is 1. The van der Waals surface area contributed by atoms with Gasteiger partial charge in [0.05, 0.1) is 24.4 Å². The van der Waals surface area contributed by atoms with Gasteiger partial charge in [-0.2, -0.15) is 5.10 Å². The van der Waals surface area contributed by atoms with E-state index in [1.807, 2.05) is 29.6 Å². The topological polar surface area (TPSA) is 80.9 Å². The third-order valence-corrected chi connectivity index (χ3v) is 6.43. The van der Waals surface area contributed by atoms with Gasteiger partial charge in [-0.15, -0.1) is 0 Å². The van der Waals surface area contributed by atoms with Gasteiger partial charge in [0.2, 0.25) is 0 Å². The van der Waals surface area contributed by atoms with E-state index in [2.05, 4.69) is 36.8 Å². The van der Waals surface area contributed by atoms with Crippen molar-refractivity contribution in [2.45, 2.75) is 45.6 Å². The minimum atomic E-state index is -1.11. The first-order valence-electron chi connectivity index (χ1n) is 12.5. The van der Waals surface area contributed by atoms with Gasteiger partial charge in [0, 0.05) is 28.8 Å². The largest absolute Gasteiger partial charge is 0.469 e. The van der Waals surface area contributed by atoms with E-state index in [4.69, 9.17) is 5.10 Å². The van der Waals surface area contributed by atoms with Gasteiger partial charge in [0.15, 0.2) is 0 Å². The quantitative estimate of drug-likeness (QED) is 0.215. The van der Waals surface area contributed by atoms with Gasteiger partial charge in [-0.25, -0.2) is 8.91 Å². The number of carbonyl (C=O) groups excluding carboxylic acids is 2. The Kier molecular flexibility index (Phi) is 8.17. The SMILES string of the molecule is COC(=O)CC(=O)CC(O)/C=C/c1c(-c2ccc(F)cc2)nn2c(C)cc(-c3ccccc3)c2c1C(C)C. The van der Waals surface area contributed by atoms with Gasteiger partial charge < -0.3 is 9.84 Å². The van der Waals surface area contributed by atoms with Crippen LogP contribution in [-0.2, 0) is 14.3 Å². The van der Waals surface area contributed by atoms with Crippen LogP contribution >= 0.6 is 0 Å². The highest BCUT2D eigenvalue weighted by molar-refractivity contribution is 5.96. The van der Waals surface area contributed by atoms with Crippen LogP contribution in [0.4, 0.5) is 4.39 Å². The van der Waals surface area contributed by atoms with Crippen LogP contribution in [0.2, 0.25) is 0 Å². The predicted molar refractivity (Wildman–Crippen MR) is 146 cm³/mol. The molecule has 6 nitrogen and oxygen atoms in total. The first kappa shape index (κ1) is 26.9. The Bertz CT molecular complexity index is 1490. The molecule has 0 amide bonds. The monoisotopic (exact) mass is 514 g/mol. The fraction of sp³-hybridized carbons (Fsp3) is 0.258.